The van der Waals surface area contributed by atoms with Crippen LogP contribution in [0.1, 0.15) is 23.7 Å². The second kappa shape index (κ2) is 4.21. The van der Waals surface area contributed by atoms with Gasteiger partial charge in [0.2, 0.25) is 0 Å². The fourth-order valence-electron chi connectivity index (χ4n) is 2.21. The fourth-order valence-corrected chi connectivity index (χ4v) is 2.21. The number of aliphatic hydroxyl groups excluding tert-OH is 1. The maximum atomic E-state index is 9.97. The third kappa shape index (κ3) is 1.98. The second-order valence-corrected chi connectivity index (χ2v) is 4.12. The Labute approximate surface area is 89.9 Å². The molecule has 0 radical (unpaired) electrons. The van der Waals surface area contributed by atoms with Crippen molar-refractivity contribution < 1.29 is 9.84 Å². The number of benzene rings is 1. The number of aliphatic hydroxyl groups is 1. The van der Waals surface area contributed by atoms with Gasteiger partial charge < -0.3 is 15.6 Å². The van der Waals surface area contributed by atoms with Gasteiger partial charge in [0.1, 0.15) is 5.75 Å². The highest BCUT2D eigenvalue weighted by molar-refractivity contribution is 5.38. The van der Waals surface area contributed by atoms with Crippen LogP contribution in [0.15, 0.2) is 18.2 Å². The molecule has 15 heavy (non-hydrogen) atoms. The van der Waals surface area contributed by atoms with Crippen LogP contribution in [0.4, 0.5) is 0 Å². The summed E-state index contributed by atoms with van der Waals surface area (Å²) in [7, 11) is 1.64. The summed E-state index contributed by atoms with van der Waals surface area (Å²) in [6.07, 6.45) is 1.33. The zero-order chi connectivity index (χ0) is 10.8. The van der Waals surface area contributed by atoms with Crippen LogP contribution in [0, 0.1) is 5.92 Å². The monoisotopic (exact) mass is 207 g/mol. The Balaban J connectivity index is 2.32. The Bertz CT molecular complexity index is 351. The Morgan fingerprint density at radius 2 is 2.33 bits per heavy atom. The first kappa shape index (κ1) is 10.5. The third-order valence-electron chi connectivity index (χ3n) is 3.11. The topological polar surface area (TPSA) is 55.5 Å². The molecule has 2 unspecified atom stereocenters. The van der Waals surface area contributed by atoms with Crippen molar-refractivity contribution in [3.63, 3.8) is 0 Å². The Morgan fingerprint density at radius 1 is 1.53 bits per heavy atom. The van der Waals surface area contributed by atoms with Crippen molar-refractivity contribution in [3.05, 3.63) is 29.3 Å². The lowest BCUT2D eigenvalue weighted by atomic mass is 9.82. The number of methoxy groups -OCH3 is 1. The van der Waals surface area contributed by atoms with Crippen LogP contribution in [-0.2, 0) is 6.42 Å². The molecule has 0 saturated heterocycles. The summed E-state index contributed by atoms with van der Waals surface area (Å²) in [5.74, 6) is 1.21. The first-order valence-electron chi connectivity index (χ1n) is 5.29. The van der Waals surface area contributed by atoms with Crippen molar-refractivity contribution in [2.75, 3.05) is 13.7 Å². The minimum Gasteiger partial charge on any atom is -0.497 e. The van der Waals surface area contributed by atoms with E-state index in [0.29, 0.717) is 12.5 Å². The van der Waals surface area contributed by atoms with Crippen molar-refractivity contribution in [3.8, 4) is 5.75 Å². The zero-order valence-corrected chi connectivity index (χ0v) is 8.94. The van der Waals surface area contributed by atoms with E-state index < -0.39 is 6.10 Å². The molecule has 82 valence electrons. The van der Waals surface area contributed by atoms with E-state index in [1.807, 2.05) is 18.2 Å². The molecule has 0 bridgehead atoms. The van der Waals surface area contributed by atoms with Crippen molar-refractivity contribution in [2.24, 2.45) is 11.7 Å². The number of hydrogen-bond donors (Lipinski definition) is 2. The summed E-state index contributed by atoms with van der Waals surface area (Å²) in [5, 5.41) is 9.97. The van der Waals surface area contributed by atoms with E-state index in [9.17, 15) is 5.11 Å². The third-order valence-corrected chi connectivity index (χ3v) is 3.11. The fraction of sp³-hybridized carbons (Fsp3) is 0.500. The van der Waals surface area contributed by atoms with Gasteiger partial charge in [0.25, 0.3) is 0 Å². The summed E-state index contributed by atoms with van der Waals surface area (Å²) in [4.78, 5) is 0. The minimum absolute atomic E-state index is 0.391. The molecule has 0 amide bonds. The highest BCUT2D eigenvalue weighted by atomic mass is 16.5. The quantitative estimate of drug-likeness (QED) is 0.767. The van der Waals surface area contributed by atoms with Gasteiger partial charge in [-0.1, -0.05) is 6.07 Å². The molecule has 1 aromatic carbocycles. The predicted octanol–water partition coefficient (Wildman–Crippen LogP) is 1.25. The summed E-state index contributed by atoms with van der Waals surface area (Å²) in [6.45, 7) is 0.641. The molecule has 3 heteroatoms. The highest BCUT2D eigenvalue weighted by Crippen LogP contribution is 2.34. The molecule has 0 aliphatic heterocycles. The van der Waals surface area contributed by atoms with Crippen LogP contribution in [-0.4, -0.2) is 18.8 Å². The summed E-state index contributed by atoms with van der Waals surface area (Å²) >= 11 is 0. The van der Waals surface area contributed by atoms with Gasteiger partial charge >= 0.3 is 0 Å². The molecular formula is C12H17NO2. The standard InChI is InChI=1S/C12H17NO2/c1-15-10-3-2-9-4-8(7-13)5-12(14)11(9)6-10/h2-3,6,8,12,14H,4-5,7,13H2,1H3. The predicted molar refractivity (Wildman–Crippen MR) is 58.8 cm³/mol. The van der Waals surface area contributed by atoms with Gasteiger partial charge in [0, 0.05) is 0 Å². The lowest BCUT2D eigenvalue weighted by Gasteiger charge is -2.28. The van der Waals surface area contributed by atoms with Gasteiger partial charge in [-0.25, -0.2) is 0 Å². The van der Waals surface area contributed by atoms with Gasteiger partial charge in [-0.2, -0.15) is 0 Å². The van der Waals surface area contributed by atoms with E-state index in [1.165, 1.54) is 5.56 Å². The summed E-state index contributed by atoms with van der Waals surface area (Å²) < 4.78 is 5.15. The molecule has 3 N–H and O–H groups in total. The second-order valence-electron chi connectivity index (χ2n) is 4.12. The smallest absolute Gasteiger partial charge is 0.119 e. The van der Waals surface area contributed by atoms with Crippen LogP contribution >= 0.6 is 0 Å². The van der Waals surface area contributed by atoms with Gasteiger partial charge in [-0.3, -0.25) is 0 Å². The molecule has 0 saturated carbocycles. The average molecular weight is 207 g/mol. The summed E-state index contributed by atoms with van der Waals surface area (Å²) in [5.41, 5.74) is 7.84. The van der Waals surface area contributed by atoms with E-state index in [-0.39, 0.29) is 0 Å². The molecule has 1 aliphatic carbocycles. The Hall–Kier alpha value is -1.06. The largest absolute Gasteiger partial charge is 0.497 e. The Morgan fingerprint density at radius 3 is 3.00 bits per heavy atom. The number of hydrogen-bond acceptors (Lipinski definition) is 3. The zero-order valence-electron chi connectivity index (χ0n) is 8.94. The molecule has 3 nitrogen and oxygen atoms in total. The van der Waals surface area contributed by atoms with E-state index in [1.54, 1.807) is 7.11 Å². The summed E-state index contributed by atoms with van der Waals surface area (Å²) in [6, 6.07) is 5.89. The SMILES string of the molecule is COc1ccc2c(c1)C(O)CC(CN)C2. The molecule has 1 aromatic rings. The number of nitrogens with two attached hydrogens (primary N) is 1. The average Bonchev–Trinajstić information content (AvgIpc) is 2.28. The molecule has 0 spiro atoms. The molecule has 0 fully saturated rings. The first-order chi connectivity index (χ1) is 7.24. The van der Waals surface area contributed by atoms with Crippen LogP contribution in [0.25, 0.3) is 0 Å². The Kier molecular flexibility index (Phi) is 2.93. The molecule has 2 atom stereocenters. The van der Waals surface area contributed by atoms with Crippen molar-refractivity contribution in [1.29, 1.82) is 0 Å². The maximum absolute atomic E-state index is 9.97. The number of rotatable bonds is 2. The van der Waals surface area contributed by atoms with Crippen LogP contribution in [0.5, 0.6) is 5.75 Å². The normalized spacial score (nSPS) is 24.7. The van der Waals surface area contributed by atoms with E-state index in [4.69, 9.17) is 10.5 Å². The van der Waals surface area contributed by atoms with Crippen LogP contribution in [0.3, 0.4) is 0 Å². The highest BCUT2D eigenvalue weighted by Gasteiger charge is 2.24. The van der Waals surface area contributed by atoms with Crippen molar-refractivity contribution >= 4 is 0 Å². The molecule has 0 aromatic heterocycles. The van der Waals surface area contributed by atoms with Gasteiger partial charge in [0.15, 0.2) is 0 Å². The lowest BCUT2D eigenvalue weighted by molar-refractivity contribution is 0.133. The minimum atomic E-state index is -0.391. The van der Waals surface area contributed by atoms with Gasteiger partial charge in [-0.05, 0) is 48.6 Å². The first-order valence-corrected chi connectivity index (χ1v) is 5.29. The van der Waals surface area contributed by atoms with Crippen LogP contribution < -0.4 is 10.5 Å². The number of fused-ring (bicyclic) bond motifs is 1. The molecule has 2 rings (SSSR count). The van der Waals surface area contributed by atoms with E-state index in [0.717, 1.165) is 24.2 Å². The number of ether oxygens (including phenoxy) is 1. The van der Waals surface area contributed by atoms with Gasteiger partial charge in [0.05, 0.1) is 13.2 Å². The van der Waals surface area contributed by atoms with E-state index in [2.05, 4.69) is 0 Å². The van der Waals surface area contributed by atoms with Crippen molar-refractivity contribution in [1.82, 2.24) is 0 Å². The lowest BCUT2D eigenvalue weighted by Crippen LogP contribution is -2.24. The van der Waals surface area contributed by atoms with Crippen molar-refractivity contribution in [2.45, 2.75) is 18.9 Å². The molecular weight excluding hydrogens is 190 g/mol. The van der Waals surface area contributed by atoms with E-state index >= 15 is 0 Å². The molecule has 1 aliphatic rings. The van der Waals surface area contributed by atoms with Crippen LogP contribution in [0.2, 0.25) is 0 Å². The van der Waals surface area contributed by atoms with Gasteiger partial charge in [-0.15, -0.1) is 0 Å². The molecule has 0 heterocycles. The maximum Gasteiger partial charge on any atom is 0.119 e.